The summed E-state index contributed by atoms with van der Waals surface area (Å²) in [7, 11) is -3.41. The molecule has 0 fully saturated rings. The van der Waals surface area contributed by atoms with Crippen LogP contribution in [0.3, 0.4) is 0 Å². The molecule has 1 aromatic carbocycles. The summed E-state index contributed by atoms with van der Waals surface area (Å²) in [4.78, 5) is 11.7. The third-order valence-corrected chi connectivity index (χ3v) is 3.11. The molecule has 0 aliphatic carbocycles. The van der Waals surface area contributed by atoms with Crippen LogP contribution in [-0.4, -0.2) is 27.2 Å². The van der Waals surface area contributed by atoms with Crippen molar-refractivity contribution in [2.45, 2.75) is 33.6 Å². The third-order valence-electron chi connectivity index (χ3n) is 2.52. The van der Waals surface area contributed by atoms with E-state index in [0.717, 1.165) is 11.8 Å². The second kappa shape index (κ2) is 7.04. The van der Waals surface area contributed by atoms with Crippen LogP contribution < -0.4 is 4.74 Å². The zero-order valence-corrected chi connectivity index (χ0v) is 13.7. The van der Waals surface area contributed by atoms with Crippen LogP contribution in [0.1, 0.15) is 32.8 Å². The molecule has 0 unspecified atom stereocenters. The van der Waals surface area contributed by atoms with Crippen molar-refractivity contribution in [2.24, 2.45) is 5.41 Å². The van der Waals surface area contributed by atoms with Gasteiger partial charge in [0.2, 0.25) is 0 Å². The maximum Gasteiger partial charge on any atom is 0.311 e. The van der Waals surface area contributed by atoms with Crippen molar-refractivity contribution >= 4 is 16.1 Å². The predicted octanol–water partition coefficient (Wildman–Crippen LogP) is 2.55. The van der Waals surface area contributed by atoms with Gasteiger partial charge in [-0.2, -0.15) is 8.42 Å². The second-order valence-corrected chi connectivity index (χ2v) is 7.78. The predicted molar refractivity (Wildman–Crippen MR) is 80.6 cm³/mol. The van der Waals surface area contributed by atoms with E-state index in [2.05, 4.69) is 4.18 Å². The number of hydrogen-bond donors (Lipinski definition) is 0. The molecule has 0 aliphatic heterocycles. The first-order chi connectivity index (χ1) is 9.55. The van der Waals surface area contributed by atoms with E-state index in [1.54, 1.807) is 24.3 Å². The standard InChI is InChI=1S/C15H22O5S/c1-15(2,3)11-14(16)20-13-7-5-12(6-8-13)9-10-19-21(4,17)18/h5-8H,9-11H2,1-4H3. The Morgan fingerprint density at radius 3 is 2.19 bits per heavy atom. The summed E-state index contributed by atoms with van der Waals surface area (Å²) in [5.41, 5.74) is 0.800. The van der Waals surface area contributed by atoms with Gasteiger partial charge in [-0.25, -0.2) is 0 Å². The molecule has 5 nitrogen and oxygen atoms in total. The molecule has 0 aliphatic rings. The van der Waals surface area contributed by atoms with Gasteiger partial charge < -0.3 is 4.74 Å². The Hall–Kier alpha value is -1.40. The summed E-state index contributed by atoms with van der Waals surface area (Å²) in [5, 5.41) is 0. The lowest BCUT2D eigenvalue weighted by Gasteiger charge is -2.16. The van der Waals surface area contributed by atoms with Gasteiger partial charge in [-0.1, -0.05) is 32.9 Å². The fraction of sp³-hybridized carbons (Fsp3) is 0.533. The van der Waals surface area contributed by atoms with E-state index in [1.165, 1.54) is 0 Å². The Balaban J connectivity index is 2.49. The maximum atomic E-state index is 11.7. The van der Waals surface area contributed by atoms with Gasteiger partial charge in [0.25, 0.3) is 10.1 Å². The van der Waals surface area contributed by atoms with Crippen molar-refractivity contribution in [3.05, 3.63) is 29.8 Å². The van der Waals surface area contributed by atoms with Crippen LogP contribution >= 0.6 is 0 Å². The van der Waals surface area contributed by atoms with Crippen LogP contribution in [0, 0.1) is 5.41 Å². The number of esters is 1. The lowest BCUT2D eigenvalue weighted by Crippen LogP contribution is -2.17. The van der Waals surface area contributed by atoms with Gasteiger partial charge >= 0.3 is 5.97 Å². The van der Waals surface area contributed by atoms with E-state index in [0.29, 0.717) is 18.6 Å². The molecule has 0 N–H and O–H groups in total. The molecule has 0 saturated carbocycles. The SMILES string of the molecule is CC(C)(C)CC(=O)Oc1ccc(CCOS(C)(=O)=O)cc1. The van der Waals surface area contributed by atoms with Gasteiger partial charge in [-0.05, 0) is 29.5 Å². The van der Waals surface area contributed by atoms with Crippen molar-refractivity contribution in [3.8, 4) is 5.75 Å². The summed E-state index contributed by atoms with van der Waals surface area (Å²) >= 11 is 0. The van der Waals surface area contributed by atoms with Gasteiger partial charge in [0.05, 0.1) is 19.3 Å². The molecule has 1 rings (SSSR count). The Kier molecular flexibility index (Phi) is 5.92. The summed E-state index contributed by atoms with van der Waals surface area (Å²) in [6.07, 6.45) is 1.84. The zero-order valence-electron chi connectivity index (χ0n) is 12.9. The normalized spacial score (nSPS) is 12.2. The van der Waals surface area contributed by atoms with E-state index >= 15 is 0 Å². The van der Waals surface area contributed by atoms with Crippen molar-refractivity contribution in [1.82, 2.24) is 0 Å². The lowest BCUT2D eigenvalue weighted by atomic mass is 9.92. The molecule has 0 saturated heterocycles. The highest BCUT2D eigenvalue weighted by Gasteiger charge is 2.17. The lowest BCUT2D eigenvalue weighted by molar-refractivity contribution is -0.136. The minimum atomic E-state index is -3.41. The average molecular weight is 314 g/mol. The zero-order chi connectivity index (χ0) is 16.1. The summed E-state index contributed by atoms with van der Waals surface area (Å²) < 4.78 is 31.6. The van der Waals surface area contributed by atoms with Crippen LogP contribution in [0.4, 0.5) is 0 Å². The summed E-state index contributed by atoms with van der Waals surface area (Å²) in [6, 6.07) is 6.95. The quantitative estimate of drug-likeness (QED) is 0.458. The molecule has 0 bridgehead atoms. The van der Waals surface area contributed by atoms with Crippen LogP contribution in [-0.2, 0) is 25.5 Å². The minimum absolute atomic E-state index is 0.0992. The Morgan fingerprint density at radius 1 is 1.14 bits per heavy atom. The second-order valence-electron chi connectivity index (χ2n) is 6.13. The maximum absolute atomic E-state index is 11.7. The van der Waals surface area contributed by atoms with Gasteiger partial charge in [0, 0.05) is 0 Å². The number of carbonyl (C=O) groups is 1. The molecule has 0 heterocycles. The number of carbonyl (C=O) groups excluding carboxylic acids is 1. The van der Waals surface area contributed by atoms with E-state index < -0.39 is 10.1 Å². The smallest absolute Gasteiger partial charge is 0.311 e. The first kappa shape index (κ1) is 17.7. The molecular weight excluding hydrogens is 292 g/mol. The molecular formula is C15H22O5S. The molecule has 118 valence electrons. The molecule has 6 heteroatoms. The Morgan fingerprint density at radius 2 is 1.71 bits per heavy atom. The first-order valence-corrected chi connectivity index (χ1v) is 8.51. The van der Waals surface area contributed by atoms with Gasteiger partial charge in [0.1, 0.15) is 5.75 Å². The molecule has 0 aromatic heterocycles. The summed E-state index contributed by atoms with van der Waals surface area (Å²) in [6.45, 7) is 6.01. The topological polar surface area (TPSA) is 69.7 Å². The van der Waals surface area contributed by atoms with Crippen LogP contribution in [0.25, 0.3) is 0 Å². The highest BCUT2D eigenvalue weighted by molar-refractivity contribution is 7.85. The molecule has 0 radical (unpaired) electrons. The third kappa shape index (κ3) is 8.47. The average Bonchev–Trinajstić information content (AvgIpc) is 2.27. The molecule has 0 spiro atoms. The molecule has 0 amide bonds. The fourth-order valence-corrected chi connectivity index (χ4v) is 2.02. The van der Waals surface area contributed by atoms with Gasteiger partial charge in [-0.15, -0.1) is 0 Å². The first-order valence-electron chi connectivity index (χ1n) is 6.69. The van der Waals surface area contributed by atoms with Crippen LogP contribution in [0.2, 0.25) is 0 Å². The van der Waals surface area contributed by atoms with Gasteiger partial charge in [-0.3, -0.25) is 8.98 Å². The van der Waals surface area contributed by atoms with E-state index in [-0.39, 0.29) is 18.0 Å². The Labute approximate surface area is 126 Å². The highest BCUT2D eigenvalue weighted by Crippen LogP contribution is 2.21. The van der Waals surface area contributed by atoms with Crippen molar-refractivity contribution < 1.29 is 22.1 Å². The summed E-state index contributed by atoms with van der Waals surface area (Å²) in [5.74, 6) is 0.215. The number of benzene rings is 1. The van der Waals surface area contributed by atoms with E-state index in [9.17, 15) is 13.2 Å². The van der Waals surface area contributed by atoms with E-state index in [4.69, 9.17) is 4.74 Å². The molecule has 1 aromatic rings. The number of ether oxygens (including phenoxy) is 1. The van der Waals surface area contributed by atoms with Crippen LogP contribution in [0.15, 0.2) is 24.3 Å². The number of hydrogen-bond acceptors (Lipinski definition) is 5. The molecule has 0 atom stereocenters. The van der Waals surface area contributed by atoms with Crippen LogP contribution in [0.5, 0.6) is 5.75 Å². The largest absolute Gasteiger partial charge is 0.427 e. The highest BCUT2D eigenvalue weighted by atomic mass is 32.2. The van der Waals surface area contributed by atoms with E-state index in [1.807, 2.05) is 20.8 Å². The van der Waals surface area contributed by atoms with Gasteiger partial charge in [0.15, 0.2) is 0 Å². The van der Waals surface area contributed by atoms with Crippen molar-refractivity contribution in [1.29, 1.82) is 0 Å². The molecule has 21 heavy (non-hydrogen) atoms. The van der Waals surface area contributed by atoms with Crippen molar-refractivity contribution in [3.63, 3.8) is 0 Å². The fourth-order valence-electron chi connectivity index (χ4n) is 1.64. The Bertz CT molecular complexity index is 567. The number of rotatable bonds is 6. The monoisotopic (exact) mass is 314 g/mol. The minimum Gasteiger partial charge on any atom is -0.427 e. The van der Waals surface area contributed by atoms with Crippen molar-refractivity contribution in [2.75, 3.05) is 12.9 Å².